The first-order valence-electron chi connectivity index (χ1n) is 38.7. The van der Waals surface area contributed by atoms with Gasteiger partial charge in [0.05, 0.1) is 64.5 Å². The fourth-order valence-corrected chi connectivity index (χ4v) is 15.1. The van der Waals surface area contributed by atoms with Gasteiger partial charge in [0.15, 0.2) is 37.2 Å². The number of carbonyl (C=O) groups is 11. The minimum Gasteiger partial charge on any atom is -0.465 e. The molecule has 5 saturated heterocycles. The number of esters is 9. The van der Waals surface area contributed by atoms with Crippen molar-refractivity contribution in [2.75, 3.05) is 74.7 Å². The molecule has 5 heterocycles. The summed E-state index contributed by atoms with van der Waals surface area (Å²) < 4.78 is 146. The molecule has 0 radical (unpaired) electrons. The summed E-state index contributed by atoms with van der Waals surface area (Å²) in [6.07, 6.45) is -39.1. The van der Waals surface area contributed by atoms with Crippen molar-refractivity contribution in [3.05, 3.63) is 118 Å². The zero-order valence-electron chi connectivity index (χ0n) is 70.0. The summed E-state index contributed by atoms with van der Waals surface area (Å²) >= 11 is 36.1. The Balaban J connectivity index is 1.46. The average molecular weight is 1910 g/mol. The van der Waals surface area contributed by atoms with Crippen LogP contribution >= 0.6 is 69.6 Å². The number of azide groups is 1. The lowest BCUT2D eigenvalue weighted by atomic mass is 9.87. The molecule has 692 valence electrons. The van der Waals surface area contributed by atoms with E-state index in [4.69, 9.17) is 183 Å². The molecule has 3 aromatic rings. The van der Waals surface area contributed by atoms with Crippen LogP contribution < -0.4 is 10.6 Å². The maximum Gasteiger partial charge on any atom is 0.407 e. The molecule has 40 nitrogen and oxygen atoms in total. The Morgan fingerprint density at radius 1 is 0.576 bits per heavy atom. The highest BCUT2D eigenvalue weighted by atomic mass is 35.6. The van der Waals surface area contributed by atoms with Crippen LogP contribution in [0.15, 0.2) is 96.1 Å². The fraction of sp³-hybridized carbons (Fsp3) is 0.628. The minimum absolute atomic E-state index is 0.00230. The molecule has 5 aliphatic heterocycles. The molecular weight excluding hydrogens is 1810 g/mol. The zero-order valence-corrected chi connectivity index (χ0v) is 75.5. The van der Waals surface area contributed by atoms with Gasteiger partial charge in [0.25, 0.3) is 11.6 Å². The standard InChI is InChI=1S/C78H99Cl6N5O35Si/c1-40(90)106-34-51(101-7)59(115-44(5)94)62-55(86-73(99)110-38-77(79,80)81)49(113-42(3)92)31-75(122-62,71(97)103-9)112-37-54-58(108-33-46-23-17-14-18-24-46)64(124-76(72(98)104-10)32-50(114-43(4)93)56(87-74(100)111-39-78(82,83)84)63(123-76)60(116-45(6)95)52(102-8)35-107-41(2)91)57(88-89-85)69(117-54)121-65-61-53(36-109-68(120-61)48-27-21-16-22-28-48)118-70(105-29-30-125(11,12)13)66(65)119-67(96)47-25-19-15-20-26-47/h14-28,49-66,68-70H,29-39H2,1-13H3,(H,86,99)(H,87,100)/t49-,50-,51+,52+,53+,54+,55+,56+,57+,58-,59+,60+,61-,62+,63+,64+,65-,66+,68-,69-,70+,75+,76-/m0/s1. The van der Waals surface area contributed by atoms with Crippen LogP contribution in [0.4, 0.5) is 9.59 Å². The number of rotatable bonds is 38. The third-order valence-corrected chi connectivity index (χ3v) is 21.8. The van der Waals surface area contributed by atoms with Gasteiger partial charge in [-0.05, 0) is 29.3 Å². The van der Waals surface area contributed by atoms with Crippen molar-refractivity contribution in [3.63, 3.8) is 0 Å². The van der Waals surface area contributed by atoms with Crippen molar-refractivity contribution < 1.29 is 166 Å². The number of hydrogen-bond donors (Lipinski definition) is 2. The average Bonchev–Trinajstić information content (AvgIpc) is 0.741. The van der Waals surface area contributed by atoms with E-state index in [1.54, 1.807) is 78.9 Å². The van der Waals surface area contributed by atoms with E-state index in [0.29, 0.717) is 17.2 Å². The second-order valence-corrected chi connectivity index (χ2v) is 40.7. The number of benzene rings is 3. The molecule has 0 spiro atoms. The smallest absolute Gasteiger partial charge is 0.407 e. The Hall–Kier alpha value is -7.82. The molecule has 5 fully saturated rings. The van der Waals surface area contributed by atoms with E-state index in [0.717, 1.165) is 70.0 Å². The van der Waals surface area contributed by atoms with E-state index in [9.17, 15) is 48.7 Å². The Morgan fingerprint density at radius 2 is 1.07 bits per heavy atom. The Morgan fingerprint density at radius 3 is 1.54 bits per heavy atom. The first-order valence-corrected chi connectivity index (χ1v) is 44.7. The van der Waals surface area contributed by atoms with E-state index in [2.05, 4.69) is 40.3 Å². The van der Waals surface area contributed by atoms with Gasteiger partial charge in [0.2, 0.25) is 7.59 Å². The van der Waals surface area contributed by atoms with Gasteiger partial charge in [-0.1, -0.05) is 173 Å². The van der Waals surface area contributed by atoms with E-state index in [1.807, 2.05) is 0 Å². The van der Waals surface area contributed by atoms with Crippen LogP contribution in [0.25, 0.3) is 10.4 Å². The number of hydrogen-bond acceptors (Lipinski definition) is 36. The maximum absolute atomic E-state index is 15.9. The molecule has 2 amide bonds. The molecule has 0 aliphatic carbocycles. The predicted molar refractivity (Wildman–Crippen MR) is 433 cm³/mol. The molecule has 47 heteroatoms. The summed E-state index contributed by atoms with van der Waals surface area (Å²) in [5, 5.41) is 9.21. The number of halogens is 6. The molecular formula is C78H99Cl6N5O35Si. The van der Waals surface area contributed by atoms with Crippen LogP contribution in [0.1, 0.15) is 82.2 Å². The number of carbonyl (C=O) groups excluding carboxylic acids is 11. The number of methoxy groups -OCH3 is 4. The van der Waals surface area contributed by atoms with E-state index < -0.39 is 274 Å². The molecule has 0 bridgehead atoms. The second-order valence-electron chi connectivity index (χ2n) is 30.0. The van der Waals surface area contributed by atoms with Crippen LogP contribution in [0, 0.1) is 0 Å². The number of alkyl carbamates (subject to hydrolysis) is 2. The number of alkyl halides is 6. The van der Waals surface area contributed by atoms with Crippen LogP contribution in [0.5, 0.6) is 0 Å². The van der Waals surface area contributed by atoms with Crippen molar-refractivity contribution >= 4 is 144 Å². The van der Waals surface area contributed by atoms with Crippen LogP contribution in [-0.4, -0.2) is 290 Å². The number of ether oxygens (including phenoxy) is 24. The summed E-state index contributed by atoms with van der Waals surface area (Å²) in [5.74, 6) is -16.8. The van der Waals surface area contributed by atoms with Crippen molar-refractivity contribution in [2.45, 2.75) is 234 Å². The Labute approximate surface area is 748 Å². The number of nitrogens with one attached hydrogen (secondary N) is 2. The highest BCUT2D eigenvalue weighted by molar-refractivity contribution is 6.76. The van der Waals surface area contributed by atoms with Gasteiger partial charge in [0.1, 0.15) is 106 Å². The lowest BCUT2D eigenvalue weighted by molar-refractivity contribution is -0.396. The normalized spacial score (nSPS) is 28.4. The van der Waals surface area contributed by atoms with Gasteiger partial charge in [-0.3, -0.25) is 28.8 Å². The van der Waals surface area contributed by atoms with Gasteiger partial charge < -0.3 is 124 Å². The fourth-order valence-electron chi connectivity index (χ4n) is 14.0. The quantitative estimate of drug-likeness (QED) is 0.0103. The molecule has 0 saturated carbocycles. The number of fused-ring (bicyclic) bond motifs is 1. The second kappa shape index (κ2) is 47.0. The van der Waals surface area contributed by atoms with Gasteiger partial charge in [-0.15, -0.1) is 0 Å². The summed E-state index contributed by atoms with van der Waals surface area (Å²) in [6.45, 7) is 6.47. The molecule has 3 aromatic carbocycles. The van der Waals surface area contributed by atoms with Gasteiger partial charge in [0, 0.05) is 80.9 Å². The lowest BCUT2D eigenvalue weighted by Crippen LogP contribution is -2.72. The van der Waals surface area contributed by atoms with Crippen molar-refractivity contribution in [1.82, 2.24) is 10.6 Å². The number of nitrogens with zero attached hydrogens (tertiary/aromatic N) is 3. The predicted octanol–water partition coefficient (Wildman–Crippen LogP) is 8.31. The molecule has 5 aliphatic rings. The topological polar surface area (TPSA) is 482 Å². The van der Waals surface area contributed by atoms with Gasteiger partial charge in [-0.2, -0.15) is 0 Å². The molecule has 2 N–H and O–H groups in total. The summed E-state index contributed by atoms with van der Waals surface area (Å²) in [5.41, 5.74) is 12.1. The van der Waals surface area contributed by atoms with Crippen molar-refractivity contribution in [2.24, 2.45) is 5.11 Å². The summed E-state index contributed by atoms with van der Waals surface area (Å²) in [4.78, 5) is 158. The summed E-state index contributed by atoms with van der Waals surface area (Å²) in [7, 11) is 1.88. The monoisotopic (exact) mass is 1900 g/mol. The van der Waals surface area contributed by atoms with Gasteiger partial charge in [-0.25, -0.2) is 24.0 Å². The highest BCUT2D eigenvalue weighted by Gasteiger charge is 2.66. The number of amides is 2. The molecule has 125 heavy (non-hydrogen) atoms. The third kappa shape index (κ3) is 29.9. The molecule has 8 rings (SSSR count). The highest BCUT2D eigenvalue weighted by Crippen LogP contribution is 2.46. The van der Waals surface area contributed by atoms with Crippen LogP contribution in [-0.2, 0) is 159 Å². The third-order valence-electron chi connectivity index (χ3n) is 19.4. The lowest BCUT2D eigenvalue weighted by Gasteiger charge is -2.53. The maximum atomic E-state index is 15.9. The van der Waals surface area contributed by atoms with E-state index in [-0.39, 0.29) is 18.8 Å². The summed E-state index contributed by atoms with van der Waals surface area (Å²) in [6, 6.07) is 18.7. The van der Waals surface area contributed by atoms with E-state index >= 15 is 9.59 Å². The minimum atomic E-state index is -3.31. The Bertz CT molecular complexity index is 4180. The molecule has 23 atom stereocenters. The van der Waals surface area contributed by atoms with E-state index in [1.165, 1.54) is 12.1 Å². The van der Waals surface area contributed by atoms with Crippen molar-refractivity contribution in [3.8, 4) is 0 Å². The molecule has 0 unspecified atom stereocenters. The van der Waals surface area contributed by atoms with Crippen LogP contribution in [0.3, 0.4) is 0 Å². The molecule has 0 aromatic heterocycles. The van der Waals surface area contributed by atoms with Crippen LogP contribution in [0.2, 0.25) is 25.7 Å². The first kappa shape index (κ1) is 103. The largest absolute Gasteiger partial charge is 0.465 e. The SMILES string of the molecule is COC(=O)[C@@]1(OC[C@H]2O[C@@H](O[C@H]3[C@H]4O[C@@H](c5ccccc5)OC[C@H]4O[C@@H](OCC[Si](C)(C)C)[C@@H]3OC(=O)c3ccccc3)[C@H](N=[N+]=[N-])[C@@H](O[C@]3(C(=O)OC)C[C@H](OC(C)=O)[C@@H](NC(=O)OCC(Cl)(Cl)Cl)[C@H]([C@H](OC(C)=O)[C@@H](COC(C)=O)OC)O3)[C@H]2OCc2ccccc2)C[C@H](OC(C)=O)[C@@H](NC(=O)OCC(Cl)(Cl)Cl)[C@H]([C@H](OC(C)=O)[C@@H](COC(C)=O)OC)O1. The first-order chi connectivity index (χ1) is 59.0. The zero-order chi connectivity index (χ0) is 91.9. The van der Waals surface area contributed by atoms with Gasteiger partial charge >= 0.3 is 65.9 Å². The Kier molecular flexibility index (Phi) is 38.5. The van der Waals surface area contributed by atoms with Crippen molar-refractivity contribution in [1.29, 1.82) is 0 Å².